The molecule has 0 saturated heterocycles. The molecule has 7 heteroatoms. The highest BCUT2D eigenvalue weighted by Gasteiger charge is 2.31. The minimum Gasteiger partial charge on any atom is -0.490 e. The van der Waals surface area contributed by atoms with Crippen molar-refractivity contribution in [3.05, 3.63) is 53.3 Å². The molecule has 0 aliphatic heterocycles. The smallest absolute Gasteiger partial charge is 0.416 e. The van der Waals surface area contributed by atoms with Crippen molar-refractivity contribution in [3.8, 4) is 17.2 Å². The molecule has 0 heterocycles. The monoisotopic (exact) mass is 314 g/mol. The molecule has 0 unspecified atom stereocenters. The van der Waals surface area contributed by atoms with Crippen LogP contribution in [0.5, 0.6) is 17.2 Å². The number of hydrogen-bond acceptors (Lipinski definition) is 3. The van der Waals surface area contributed by atoms with Crippen LogP contribution >= 0.6 is 0 Å². The molecule has 0 amide bonds. The van der Waals surface area contributed by atoms with Gasteiger partial charge < -0.3 is 9.47 Å². The first kappa shape index (κ1) is 15.8. The number of carbonyl (C=O) groups excluding carboxylic acids is 1. The maximum absolute atomic E-state index is 13.5. The summed E-state index contributed by atoms with van der Waals surface area (Å²) in [6.07, 6.45) is -4.34. The number of methoxy groups -OCH3 is 1. The second-order valence-corrected chi connectivity index (χ2v) is 4.24. The standard InChI is InChI=1S/C15H10F4O3/c1-21-14-11(16)3-2-4-13(14)22-12-6-5-10(15(17,18)19)7-9(12)8-20/h2-8H,1H3. The van der Waals surface area contributed by atoms with Crippen molar-refractivity contribution >= 4 is 6.29 Å². The van der Waals surface area contributed by atoms with E-state index in [1.54, 1.807) is 0 Å². The third-order valence-corrected chi connectivity index (χ3v) is 2.82. The Kier molecular flexibility index (Phi) is 4.35. The van der Waals surface area contributed by atoms with Crippen LogP contribution in [0.2, 0.25) is 0 Å². The Morgan fingerprint density at radius 1 is 1.09 bits per heavy atom. The summed E-state index contributed by atoms with van der Waals surface area (Å²) < 4.78 is 61.5. The van der Waals surface area contributed by atoms with Crippen LogP contribution in [0.15, 0.2) is 36.4 Å². The van der Waals surface area contributed by atoms with Gasteiger partial charge in [-0.3, -0.25) is 4.79 Å². The molecule has 0 N–H and O–H groups in total. The van der Waals surface area contributed by atoms with Crippen molar-refractivity contribution in [2.45, 2.75) is 6.18 Å². The predicted molar refractivity (Wildman–Crippen MR) is 69.9 cm³/mol. The molecule has 0 fully saturated rings. The fourth-order valence-electron chi connectivity index (χ4n) is 1.80. The first-order valence-electron chi connectivity index (χ1n) is 6.03. The largest absolute Gasteiger partial charge is 0.490 e. The molecule has 22 heavy (non-hydrogen) atoms. The number of ether oxygens (including phenoxy) is 2. The molecule has 0 spiro atoms. The Bertz CT molecular complexity index is 696. The maximum atomic E-state index is 13.5. The van der Waals surface area contributed by atoms with Crippen molar-refractivity contribution in [1.29, 1.82) is 0 Å². The van der Waals surface area contributed by atoms with E-state index < -0.39 is 17.6 Å². The van der Waals surface area contributed by atoms with E-state index in [0.717, 1.165) is 18.2 Å². The highest BCUT2D eigenvalue weighted by atomic mass is 19.4. The van der Waals surface area contributed by atoms with E-state index in [-0.39, 0.29) is 29.1 Å². The molecule has 2 aromatic rings. The Hall–Kier alpha value is -2.57. The molecule has 2 aromatic carbocycles. The van der Waals surface area contributed by atoms with Gasteiger partial charge in [0.2, 0.25) is 0 Å². The SMILES string of the molecule is COc1c(F)cccc1Oc1ccc(C(F)(F)F)cc1C=O. The van der Waals surface area contributed by atoms with Crippen LogP contribution in [-0.4, -0.2) is 13.4 Å². The molecule has 0 saturated carbocycles. The third kappa shape index (κ3) is 3.19. The van der Waals surface area contributed by atoms with E-state index in [1.165, 1.54) is 19.2 Å². The van der Waals surface area contributed by atoms with Gasteiger partial charge in [-0.25, -0.2) is 4.39 Å². The number of para-hydroxylation sites is 1. The number of benzene rings is 2. The average molecular weight is 314 g/mol. The van der Waals surface area contributed by atoms with Crippen molar-refractivity contribution < 1.29 is 31.8 Å². The van der Waals surface area contributed by atoms with Crippen LogP contribution in [0.25, 0.3) is 0 Å². The summed E-state index contributed by atoms with van der Waals surface area (Å²) in [5.74, 6) is -1.09. The quantitative estimate of drug-likeness (QED) is 0.617. The molecule has 0 aromatic heterocycles. The molecular weight excluding hydrogens is 304 g/mol. The maximum Gasteiger partial charge on any atom is 0.416 e. The number of carbonyl (C=O) groups is 1. The molecule has 0 atom stereocenters. The summed E-state index contributed by atoms with van der Waals surface area (Å²) in [4.78, 5) is 11.0. The molecule has 0 bridgehead atoms. The summed E-state index contributed by atoms with van der Waals surface area (Å²) in [5.41, 5.74) is -1.28. The Labute approximate surface area is 123 Å². The van der Waals surface area contributed by atoms with Gasteiger partial charge in [0.1, 0.15) is 5.75 Å². The summed E-state index contributed by atoms with van der Waals surface area (Å²) in [6.45, 7) is 0. The fraction of sp³-hybridized carbons (Fsp3) is 0.133. The molecule has 2 rings (SSSR count). The summed E-state index contributed by atoms with van der Waals surface area (Å²) in [7, 11) is 1.22. The van der Waals surface area contributed by atoms with Gasteiger partial charge in [-0.1, -0.05) is 6.07 Å². The van der Waals surface area contributed by atoms with Crippen molar-refractivity contribution in [2.75, 3.05) is 7.11 Å². The van der Waals surface area contributed by atoms with Crippen LogP contribution < -0.4 is 9.47 Å². The Morgan fingerprint density at radius 2 is 1.82 bits per heavy atom. The fourth-order valence-corrected chi connectivity index (χ4v) is 1.80. The van der Waals surface area contributed by atoms with Gasteiger partial charge in [0.05, 0.1) is 18.2 Å². The second kappa shape index (κ2) is 6.05. The zero-order valence-electron chi connectivity index (χ0n) is 11.3. The van der Waals surface area contributed by atoms with Crippen molar-refractivity contribution in [3.63, 3.8) is 0 Å². The molecular formula is C15H10F4O3. The van der Waals surface area contributed by atoms with E-state index in [2.05, 4.69) is 0 Å². The lowest BCUT2D eigenvalue weighted by molar-refractivity contribution is -0.137. The van der Waals surface area contributed by atoms with E-state index in [0.29, 0.717) is 6.07 Å². The minimum atomic E-state index is -4.58. The van der Waals surface area contributed by atoms with E-state index in [9.17, 15) is 22.4 Å². The second-order valence-electron chi connectivity index (χ2n) is 4.24. The molecule has 0 aliphatic rings. The topological polar surface area (TPSA) is 35.5 Å². The van der Waals surface area contributed by atoms with Crippen LogP contribution in [0, 0.1) is 5.82 Å². The highest BCUT2D eigenvalue weighted by Crippen LogP contribution is 2.37. The van der Waals surface area contributed by atoms with Crippen LogP contribution in [0.1, 0.15) is 15.9 Å². The normalized spacial score (nSPS) is 11.1. The summed E-state index contributed by atoms with van der Waals surface area (Å²) in [6, 6.07) is 6.28. The minimum absolute atomic E-state index is 0.0506. The lowest BCUT2D eigenvalue weighted by Crippen LogP contribution is -2.06. The van der Waals surface area contributed by atoms with E-state index in [1.807, 2.05) is 0 Å². The number of rotatable bonds is 4. The van der Waals surface area contributed by atoms with Gasteiger partial charge in [0, 0.05) is 0 Å². The molecule has 0 aliphatic carbocycles. The Morgan fingerprint density at radius 3 is 2.41 bits per heavy atom. The van der Waals surface area contributed by atoms with Gasteiger partial charge in [-0.05, 0) is 30.3 Å². The number of alkyl halides is 3. The van der Waals surface area contributed by atoms with Crippen LogP contribution in [-0.2, 0) is 6.18 Å². The third-order valence-electron chi connectivity index (χ3n) is 2.82. The first-order chi connectivity index (χ1) is 10.4. The predicted octanol–water partition coefficient (Wildman–Crippen LogP) is 4.46. The number of halogens is 4. The number of hydrogen-bond donors (Lipinski definition) is 0. The van der Waals surface area contributed by atoms with Crippen molar-refractivity contribution in [2.24, 2.45) is 0 Å². The lowest BCUT2D eigenvalue weighted by atomic mass is 10.1. The van der Waals surface area contributed by atoms with E-state index >= 15 is 0 Å². The van der Waals surface area contributed by atoms with Gasteiger partial charge in [0.25, 0.3) is 0 Å². The highest BCUT2D eigenvalue weighted by molar-refractivity contribution is 5.80. The first-order valence-corrected chi connectivity index (χ1v) is 6.03. The summed E-state index contributed by atoms with van der Waals surface area (Å²) in [5, 5.41) is 0. The summed E-state index contributed by atoms with van der Waals surface area (Å²) >= 11 is 0. The van der Waals surface area contributed by atoms with Crippen LogP contribution in [0.4, 0.5) is 17.6 Å². The van der Waals surface area contributed by atoms with Crippen molar-refractivity contribution in [1.82, 2.24) is 0 Å². The van der Waals surface area contributed by atoms with Gasteiger partial charge in [-0.15, -0.1) is 0 Å². The average Bonchev–Trinajstić information content (AvgIpc) is 2.46. The number of aldehydes is 1. The van der Waals surface area contributed by atoms with E-state index in [4.69, 9.17) is 9.47 Å². The molecule has 116 valence electrons. The zero-order valence-corrected chi connectivity index (χ0v) is 11.3. The van der Waals surface area contributed by atoms with Crippen LogP contribution in [0.3, 0.4) is 0 Å². The van der Waals surface area contributed by atoms with Gasteiger partial charge >= 0.3 is 6.18 Å². The zero-order chi connectivity index (χ0) is 16.3. The van der Waals surface area contributed by atoms with Gasteiger partial charge in [-0.2, -0.15) is 13.2 Å². The Balaban J connectivity index is 2.42. The van der Waals surface area contributed by atoms with Gasteiger partial charge in [0.15, 0.2) is 23.6 Å². The molecule has 3 nitrogen and oxygen atoms in total. The molecule has 0 radical (unpaired) electrons. The lowest BCUT2D eigenvalue weighted by Gasteiger charge is -2.13.